The van der Waals surface area contributed by atoms with E-state index in [1.165, 1.54) is 18.2 Å². The van der Waals surface area contributed by atoms with E-state index in [2.05, 4.69) is 14.9 Å². The van der Waals surface area contributed by atoms with Crippen LogP contribution in [0.25, 0.3) is 10.6 Å². The lowest BCUT2D eigenvalue weighted by Crippen LogP contribution is -2.17. The van der Waals surface area contributed by atoms with E-state index in [1.807, 2.05) is 0 Å². The number of benzene rings is 1. The summed E-state index contributed by atoms with van der Waals surface area (Å²) >= 11 is 5.91. The summed E-state index contributed by atoms with van der Waals surface area (Å²) in [6.45, 7) is 0. The highest BCUT2D eigenvalue weighted by Crippen LogP contribution is 2.34. The van der Waals surface area contributed by atoms with Gasteiger partial charge in [0, 0.05) is 0 Å². The third-order valence-corrected chi connectivity index (χ3v) is 2.90. The van der Waals surface area contributed by atoms with Crippen molar-refractivity contribution in [3.63, 3.8) is 0 Å². The molecule has 0 aliphatic heterocycles. The minimum absolute atomic E-state index is 0.252. The van der Waals surface area contributed by atoms with E-state index in [9.17, 15) is 13.2 Å². The van der Waals surface area contributed by atoms with Crippen LogP contribution in [0, 0.1) is 3.95 Å². The Morgan fingerprint density at radius 3 is 2.59 bits per heavy atom. The normalized spacial score (nSPS) is 11.5. The van der Waals surface area contributed by atoms with Crippen LogP contribution in [0.2, 0.25) is 0 Å². The zero-order chi connectivity index (χ0) is 12.5. The number of para-hydroxylation sites is 1. The number of hydrogen-bond donors (Lipinski definition) is 1. The molecular formula is C9H5F3N2OS2. The van der Waals surface area contributed by atoms with Crippen LogP contribution in [-0.2, 0) is 0 Å². The first kappa shape index (κ1) is 12.1. The molecular weight excluding hydrogens is 273 g/mol. The molecule has 0 radical (unpaired) electrons. The Morgan fingerprint density at radius 2 is 2.00 bits per heavy atom. The van der Waals surface area contributed by atoms with E-state index in [0.29, 0.717) is 8.96 Å². The second-order valence-corrected chi connectivity index (χ2v) is 4.63. The molecule has 3 nitrogen and oxygen atoms in total. The lowest BCUT2D eigenvalue weighted by atomic mass is 10.2. The van der Waals surface area contributed by atoms with Gasteiger partial charge in [0.15, 0.2) is 3.95 Å². The molecule has 0 aliphatic rings. The maximum atomic E-state index is 12.2. The number of nitrogens with zero attached hydrogens (tertiary/aromatic N) is 1. The zero-order valence-corrected chi connectivity index (χ0v) is 9.75. The molecule has 1 aromatic carbocycles. The molecule has 0 saturated carbocycles. The minimum Gasteiger partial charge on any atom is -0.405 e. The summed E-state index contributed by atoms with van der Waals surface area (Å²) < 4.78 is 40.8. The fourth-order valence-corrected chi connectivity index (χ4v) is 2.12. The second-order valence-electron chi connectivity index (χ2n) is 2.96. The molecule has 0 bridgehead atoms. The first-order valence-corrected chi connectivity index (χ1v) is 5.59. The molecule has 1 heterocycles. The monoisotopic (exact) mass is 278 g/mol. The number of halogens is 3. The highest BCUT2D eigenvalue weighted by molar-refractivity contribution is 7.73. The SMILES string of the molecule is FC(F)(F)Oc1ccccc1-c1n[nH]c(=S)s1. The van der Waals surface area contributed by atoms with E-state index >= 15 is 0 Å². The van der Waals surface area contributed by atoms with Crippen LogP contribution in [0.1, 0.15) is 0 Å². The number of nitrogens with one attached hydrogen (secondary N) is 1. The van der Waals surface area contributed by atoms with Crippen molar-refractivity contribution < 1.29 is 17.9 Å². The van der Waals surface area contributed by atoms with Crippen molar-refractivity contribution >= 4 is 23.6 Å². The Kier molecular flexibility index (Phi) is 3.16. The highest BCUT2D eigenvalue weighted by Gasteiger charge is 2.32. The van der Waals surface area contributed by atoms with Crippen LogP contribution >= 0.6 is 23.6 Å². The summed E-state index contributed by atoms with van der Waals surface area (Å²) in [6, 6.07) is 5.77. The fourth-order valence-electron chi connectivity index (χ4n) is 1.20. The van der Waals surface area contributed by atoms with Crippen LogP contribution in [0.15, 0.2) is 24.3 Å². The number of H-pyrrole nitrogens is 1. The molecule has 17 heavy (non-hydrogen) atoms. The molecule has 0 unspecified atom stereocenters. The van der Waals surface area contributed by atoms with E-state index in [0.717, 1.165) is 11.3 Å². The summed E-state index contributed by atoms with van der Waals surface area (Å²) in [6.07, 6.45) is -4.73. The summed E-state index contributed by atoms with van der Waals surface area (Å²) in [5.74, 6) is -0.294. The van der Waals surface area contributed by atoms with Crippen molar-refractivity contribution in [3.05, 3.63) is 28.2 Å². The van der Waals surface area contributed by atoms with Gasteiger partial charge in [-0.25, -0.2) is 0 Å². The van der Waals surface area contributed by atoms with E-state index in [-0.39, 0.29) is 11.3 Å². The zero-order valence-electron chi connectivity index (χ0n) is 8.12. The molecule has 0 spiro atoms. The van der Waals surface area contributed by atoms with Crippen molar-refractivity contribution in [2.24, 2.45) is 0 Å². The number of ether oxygens (including phenoxy) is 1. The number of aromatic nitrogens is 2. The number of rotatable bonds is 2. The van der Waals surface area contributed by atoms with E-state index in [1.54, 1.807) is 6.07 Å². The van der Waals surface area contributed by atoms with Gasteiger partial charge < -0.3 is 4.74 Å². The van der Waals surface area contributed by atoms with Gasteiger partial charge in [-0.1, -0.05) is 23.5 Å². The third kappa shape index (κ3) is 3.04. The van der Waals surface area contributed by atoms with E-state index in [4.69, 9.17) is 12.2 Å². The molecule has 0 saturated heterocycles. The molecule has 90 valence electrons. The molecule has 1 aromatic heterocycles. The molecule has 1 N–H and O–H groups in total. The largest absolute Gasteiger partial charge is 0.573 e. The van der Waals surface area contributed by atoms with Gasteiger partial charge in [-0.2, -0.15) is 5.10 Å². The van der Waals surface area contributed by atoms with Gasteiger partial charge in [0.1, 0.15) is 10.8 Å². The van der Waals surface area contributed by atoms with Gasteiger partial charge in [-0.3, -0.25) is 5.10 Å². The quantitative estimate of drug-likeness (QED) is 0.850. The average molecular weight is 278 g/mol. The highest BCUT2D eigenvalue weighted by atomic mass is 32.1. The molecule has 0 aliphatic carbocycles. The molecule has 2 aromatic rings. The lowest BCUT2D eigenvalue weighted by molar-refractivity contribution is -0.274. The van der Waals surface area contributed by atoms with Gasteiger partial charge in [0.25, 0.3) is 0 Å². The summed E-state index contributed by atoms with van der Waals surface area (Å²) in [4.78, 5) is 0. The second kappa shape index (κ2) is 4.46. The molecule has 0 atom stereocenters. The van der Waals surface area contributed by atoms with Gasteiger partial charge in [0.2, 0.25) is 0 Å². The maximum absolute atomic E-state index is 12.2. The summed E-state index contributed by atoms with van der Waals surface area (Å²) in [5, 5.41) is 6.68. The average Bonchev–Trinajstić information content (AvgIpc) is 2.63. The van der Waals surface area contributed by atoms with Gasteiger partial charge >= 0.3 is 6.36 Å². The van der Waals surface area contributed by atoms with Crippen molar-refractivity contribution in [1.82, 2.24) is 10.2 Å². The maximum Gasteiger partial charge on any atom is 0.573 e. The van der Waals surface area contributed by atoms with Crippen molar-refractivity contribution in [2.45, 2.75) is 6.36 Å². The third-order valence-electron chi connectivity index (χ3n) is 1.78. The minimum atomic E-state index is -4.73. The topological polar surface area (TPSA) is 37.9 Å². The first-order chi connectivity index (χ1) is 7.96. The molecule has 8 heteroatoms. The lowest BCUT2D eigenvalue weighted by Gasteiger charge is -2.11. The number of hydrogen-bond acceptors (Lipinski definition) is 4. The summed E-state index contributed by atoms with van der Waals surface area (Å²) in [7, 11) is 0. The van der Waals surface area contributed by atoms with Crippen LogP contribution in [-0.4, -0.2) is 16.6 Å². The van der Waals surface area contributed by atoms with Gasteiger partial charge in [0.05, 0.1) is 5.56 Å². The predicted molar refractivity (Wildman–Crippen MR) is 59.4 cm³/mol. The Balaban J connectivity index is 2.44. The first-order valence-electron chi connectivity index (χ1n) is 4.36. The van der Waals surface area contributed by atoms with Crippen molar-refractivity contribution in [3.8, 4) is 16.3 Å². The smallest absolute Gasteiger partial charge is 0.405 e. The Labute approximate surface area is 103 Å². The summed E-state index contributed by atoms with van der Waals surface area (Å²) in [5.41, 5.74) is 0.252. The molecule has 0 amide bonds. The fraction of sp³-hybridized carbons (Fsp3) is 0.111. The number of aromatic amines is 1. The standard InChI is InChI=1S/C9H5F3N2OS2/c10-9(11,12)15-6-4-2-1-3-5(6)7-13-14-8(16)17-7/h1-4H,(H,14,16). The van der Waals surface area contributed by atoms with Crippen LogP contribution in [0.4, 0.5) is 13.2 Å². The Morgan fingerprint density at radius 1 is 1.29 bits per heavy atom. The van der Waals surface area contributed by atoms with Gasteiger partial charge in [-0.05, 0) is 24.4 Å². The van der Waals surface area contributed by atoms with Crippen LogP contribution in [0.3, 0.4) is 0 Å². The molecule has 0 fully saturated rings. The Hall–Kier alpha value is -1.41. The van der Waals surface area contributed by atoms with Gasteiger partial charge in [-0.15, -0.1) is 13.2 Å². The van der Waals surface area contributed by atoms with Crippen LogP contribution in [0.5, 0.6) is 5.75 Å². The van der Waals surface area contributed by atoms with E-state index < -0.39 is 6.36 Å². The van der Waals surface area contributed by atoms with Crippen molar-refractivity contribution in [2.75, 3.05) is 0 Å². The predicted octanol–water partition coefficient (Wildman–Crippen LogP) is 3.77. The van der Waals surface area contributed by atoms with Crippen molar-refractivity contribution in [1.29, 1.82) is 0 Å². The molecule has 2 rings (SSSR count). The number of alkyl halides is 3. The Bertz CT molecular complexity index is 576. The van der Waals surface area contributed by atoms with Crippen LogP contribution < -0.4 is 4.74 Å².